The fraction of sp³-hybridized carbons (Fsp3) is 0.409. The second kappa shape index (κ2) is 12.8. The van der Waals surface area contributed by atoms with Crippen LogP contribution in [0.2, 0.25) is 0 Å². The fourth-order valence-electron chi connectivity index (χ4n) is 3.24. The minimum absolute atomic E-state index is 0.163. The molecule has 0 fully saturated rings. The number of rotatable bonds is 12. The van der Waals surface area contributed by atoms with Gasteiger partial charge in [-0.05, 0) is 24.0 Å². The van der Waals surface area contributed by atoms with Gasteiger partial charge in [0.25, 0.3) is 5.91 Å². The molecule has 0 bridgehead atoms. The Hall–Kier alpha value is -3.89. The molecule has 0 saturated heterocycles. The van der Waals surface area contributed by atoms with Gasteiger partial charge >= 0.3 is 11.9 Å². The molecule has 1 aromatic rings. The Bertz CT molecular complexity index is 898. The van der Waals surface area contributed by atoms with Gasteiger partial charge in [0, 0.05) is 13.5 Å². The van der Waals surface area contributed by atoms with Crippen molar-refractivity contribution in [2.45, 2.75) is 45.7 Å². The molecule has 0 radical (unpaired) electrons. The maximum absolute atomic E-state index is 13.5. The first-order chi connectivity index (χ1) is 15.5. The molecule has 1 aromatic carbocycles. The van der Waals surface area contributed by atoms with Crippen LogP contribution in [0.1, 0.15) is 39.2 Å². The number of carbonyl (C=O) groups is 4. The van der Waals surface area contributed by atoms with Crippen LogP contribution in [0.15, 0.2) is 30.3 Å². The summed E-state index contributed by atoms with van der Waals surface area (Å²) in [6, 6.07) is 3.85. The smallest absolute Gasteiger partial charge is 0.327 e. The first-order valence-electron chi connectivity index (χ1n) is 10.3. The normalized spacial score (nSPS) is 12.7. The Morgan fingerprint density at radius 2 is 1.82 bits per heavy atom. The molecule has 0 unspecified atom stereocenters. The molecule has 0 aliphatic heterocycles. The molecule has 0 aliphatic rings. The number of para-hydroxylation sites is 1. The number of nitrogens with two attached hydrogens (primary N) is 1. The van der Waals surface area contributed by atoms with Crippen LogP contribution in [0.5, 0.6) is 0 Å². The Balaban J connectivity index is 3.49. The van der Waals surface area contributed by atoms with Crippen molar-refractivity contribution in [2.24, 2.45) is 11.7 Å². The molecular formula is C22H31N5O6. The van der Waals surface area contributed by atoms with Crippen LogP contribution < -0.4 is 21.3 Å². The lowest BCUT2D eigenvalue weighted by Crippen LogP contribution is -2.56. The highest BCUT2D eigenvalue weighted by Crippen LogP contribution is 2.28. The molecule has 11 heteroatoms. The monoisotopic (exact) mass is 461 g/mol. The number of carboxylic acids is 2. The zero-order valence-electron chi connectivity index (χ0n) is 18.9. The number of hydrogen-bond acceptors (Lipinski definition) is 5. The number of amides is 2. The van der Waals surface area contributed by atoms with E-state index in [0.717, 1.165) is 11.8 Å². The number of nitrogens with one attached hydrogen (secondary N) is 3. The summed E-state index contributed by atoms with van der Waals surface area (Å²) < 4.78 is 0. The van der Waals surface area contributed by atoms with Crippen molar-refractivity contribution in [1.82, 2.24) is 10.6 Å². The lowest BCUT2D eigenvalue weighted by Gasteiger charge is -2.35. The van der Waals surface area contributed by atoms with Crippen LogP contribution in [0.3, 0.4) is 0 Å². The van der Waals surface area contributed by atoms with Gasteiger partial charge in [0.15, 0.2) is 5.96 Å². The third kappa shape index (κ3) is 8.63. The zero-order valence-corrected chi connectivity index (χ0v) is 18.9. The van der Waals surface area contributed by atoms with Gasteiger partial charge in [0.05, 0.1) is 12.1 Å². The number of aliphatic carboxylic acids is 2. The van der Waals surface area contributed by atoms with Crippen LogP contribution in [0.25, 0.3) is 6.08 Å². The van der Waals surface area contributed by atoms with Gasteiger partial charge in [0.1, 0.15) is 12.1 Å². The van der Waals surface area contributed by atoms with Gasteiger partial charge in [-0.25, -0.2) is 4.79 Å². The molecule has 0 saturated carbocycles. The molecule has 2 atom stereocenters. The first kappa shape index (κ1) is 27.1. The second-order valence-electron chi connectivity index (χ2n) is 7.68. The molecule has 0 spiro atoms. The molecule has 0 aromatic heterocycles. The summed E-state index contributed by atoms with van der Waals surface area (Å²) in [6.45, 7) is 4.82. The van der Waals surface area contributed by atoms with E-state index < -0.39 is 48.2 Å². The maximum Gasteiger partial charge on any atom is 0.327 e. The Morgan fingerprint density at radius 3 is 2.33 bits per heavy atom. The lowest BCUT2D eigenvalue weighted by atomic mass is 9.98. The van der Waals surface area contributed by atoms with E-state index in [-0.39, 0.29) is 11.6 Å². The third-order valence-corrected chi connectivity index (χ3v) is 4.57. The molecule has 0 aliphatic carbocycles. The van der Waals surface area contributed by atoms with Gasteiger partial charge in [-0.2, -0.15) is 0 Å². The molecule has 33 heavy (non-hydrogen) atoms. The summed E-state index contributed by atoms with van der Waals surface area (Å²) in [4.78, 5) is 49.6. The van der Waals surface area contributed by atoms with E-state index in [1.165, 1.54) is 0 Å². The van der Waals surface area contributed by atoms with Crippen LogP contribution >= 0.6 is 0 Å². The van der Waals surface area contributed by atoms with E-state index in [1.807, 2.05) is 0 Å². The van der Waals surface area contributed by atoms with E-state index in [9.17, 15) is 29.4 Å². The average molecular weight is 462 g/mol. The number of anilines is 1. The Kier molecular flexibility index (Phi) is 10.6. The van der Waals surface area contributed by atoms with Gasteiger partial charge in [-0.15, -0.1) is 0 Å². The molecular weight excluding hydrogens is 430 g/mol. The second-order valence-corrected chi connectivity index (χ2v) is 7.68. The van der Waals surface area contributed by atoms with Crippen molar-refractivity contribution in [2.75, 3.05) is 11.4 Å². The van der Waals surface area contributed by atoms with Gasteiger partial charge in [-0.1, -0.05) is 44.2 Å². The maximum atomic E-state index is 13.5. The highest BCUT2D eigenvalue weighted by molar-refractivity contribution is 6.05. The van der Waals surface area contributed by atoms with E-state index in [4.69, 9.17) is 11.1 Å². The van der Waals surface area contributed by atoms with Gasteiger partial charge < -0.3 is 26.6 Å². The van der Waals surface area contributed by atoms with E-state index in [0.29, 0.717) is 18.5 Å². The molecule has 180 valence electrons. The first-order valence-corrected chi connectivity index (χ1v) is 10.3. The number of carbonyl (C=O) groups excluding carboxylic acids is 2. The number of hydrogen-bond donors (Lipinski definition) is 6. The summed E-state index contributed by atoms with van der Waals surface area (Å²) in [7, 11) is 0. The van der Waals surface area contributed by atoms with E-state index in [2.05, 4.69) is 10.6 Å². The summed E-state index contributed by atoms with van der Waals surface area (Å²) in [5.74, 6) is -4.72. The highest BCUT2D eigenvalue weighted by atomic mass is 16.4. The summed E-state index contributed by atoms with van der Waals surface area (Å²) >= 11 is 0. The van der Waals surface area contributed by atoms with Crippen LogP contribution in [-0.4, -0.2) is 58.6 Å². The number of benzene rings is 1. The minimum Gasteiger partial charge on any atom is -0.481 e. The number of guanidine groups is 1. The number of nitrogens with zero attached hydrogens (tertiary/aromatic N) is 1. The molecule has 7 N–H and O–H groups in total. The summed E-state index contributed by atoms with van der Waals surface area (Å²) in [5, 5.41) is 31.3. The largest absolute Gasteiger partial charge is 0.481 e. The third-order valence-electron chi connectivity index (χ3n) is 4.57. The SMILES string of the molecule is CC(=O)N[C@@H](CC(=O)O)C(=O)N(c1ccccc1C=CCCNC(=N)N)[C@H](C(=O)O)C(C)C. The fourth-order valence-corrected chi connectivity index (χ4v) is 3.24. The van der Waals surface area contributed by atoms with Gasteiger partial charge in [-0.3, -0.25) is 24.7 Å². The van der Waals surface area contributed by atoms with Crippen molar-refractivity contribution in [3.8, 4) is 0 Å². The molecule has 2 amide bonds. The molecule has 0 heterocycles. The summed E-state index contributed by atoms with van der Waals surface area (Å²) in [6.07, 6.45) is 3.27. The highest BCUT2D eigenvalue weighted by Gasteiger charge is 2.38. The standard InChI is InChI=1S/C22H31N5O6/c1-13(2)19(21(32)33)27(20(31)16(12-18(29)30)26-14(3)28)17-10-5-4-8-15(17)9-6-7-11-25-22(23)24/h4-6,8-10,13,16,19H,7,11-12H2,1-3H3,(H,26,28)(H,29,30)(H,32,33)(H4,23,24,25)/t16-,19-/m0/s1. The topological polar surface area (TPSA) is 186 Å². The predicted octanol–water partition coefficient (Wildman–Crippen LogP) is 0.995. The molecule has 1 rings (SSSR count). The van der Waals surface area contributed by atoms with Crippen molar-refractivity contribution >= 4 is 41.5 Å². The van der Waals surface area contributed by atoms with Crippen molar-refractivity contribution in [1.29, 1.82) is 5.41 Å². The quantitative estimate of drug-likeness (QED) is 0.151. The Morgan fingerprint density at radius 1 is 1.18 bits per heavy atom. The zero-order chi connectivity index (χ0) is 25.1. The van der Waals surface area contributed by atoms with Gasteiger partial charge in [0.2, 0.25) is 5.91 Å². The van der Waals surface area contributed by atoms with E-state index in [1.54, 1.807) is 50.3 Å². The van der Waals surface area contributed by atoms with Crippen LogP contribution in [0.4, 0.5) is 5.69 Å². The van der Waals surface area contributed by atoms with E-state index >= 15 is 0 Å². The Labute approximate surface area is 192 Å². The summed E-state index contributed by atoms with van der Waals surface area (Å²) in [5.41, 5.74) is 6.04. The van der Waals surface area contributed by atoms with Crippen LogP contribution in [0, 0.1) is 11.3 Å². The lowest BCUT2D eigenvalue weighted by molar-refractivity contribution is -0.142. The predicted molar refractivity (Wildman–Crippen MR) is 124 cm³/mol. The molecule has 11 nitrogen and oxygen atoms in total. The minimum atomic E-state index is -1.45. The van der Waals surface area contributed by atoms with Crippen molar-refractivity contribution in [3.63, 3.8) is 0 Å². The van der Waals surface area contributed by atoms with Crippen LogP contribution in [-0.2, 0) is 19.2 Å². The number of carboxylic acid groups (broad SMARTS) is 2. The average Bonchev–Trinajstić information content (AvgIpc) is 2.69. The van der Waals surface area contributed by atoms with Crippen molar-refractivity contribution in [3.05, 3.63) is 35.9 Å². The van der Waals surface area contributed by atoms with Crippen molar-refractivity contribution < 1.29 is 29.4 Å².